The summed E-state index contributed by atoms with van der Waals surface area (Å²) in [6.07, 6.45) is 8.83. The fourth-order valence-corrected chi connectivity index (χ4v) is 4.04. The molecule has 0 saturated heterocycles. The van der Waals surface area contributed by atoms with E-state index in [0.717, 1.165) is 41.8 Å². The van der Waals surface area contributed by atoms with E-state index in [1.54, 1.807) is 0 Å². The average molecular weight is 417 g/mol. The summed E-state index contributed by atoms with van der Waals surface area (Å²) in [5.41, 5.74) is 2.67. The summed E-state index contributed by atoms with van der Waals surface area (Å²) in [5.74, 6) is 0. The van der Waals surface area contributed by atoms with Crippen LogP contribution in [0.1, 0.15) is 86.7 Å². The van der Waals surface area contributed by atoms with Crippen molar-refractivity contribution in [3.63, 3.8) is 0 Å². The molecule has 30 heavy (non-hydrogen) atoms. The molecule has 1 N–H and O–H groups in total. The first-order valence-electron chi connectivity index (χ1n) is 11.1. The maximum Gasteiger partial charge on any atom is 0.416 e. The number of nitrogens with zero attached hydrogens (tertiary/aromatic N) is 1. The third-order valence-electron chi connectivity index (χ3n) is 5.69. The van der Waals surface area contributed by atoms with E-state index < -0.39 is 11.7 Å². The molecule has 1 aromatic carbocycles. The maximum atomic E-state index is 13.2. The Morgan fingerprint density at radius 3 is 2.37 bits per heavy atom. The van der Waals surface area contributed by atoms with Gasteiger partial charge in [-0.1, -0.05) is 76.1 Å². The first-order chi connectivity index (χ1) is 14.5. The molecule has 0 bridgehead atoms. The topological polar surface area (TPSA) is 24.9 Å². The van der Waals surface area contributed by atoms with Crippen molar-refractivity contribution in [2.24, 2.45) is 0 Å². The molecule has 5 heteroatoms. The molecule has 1 heterocycles. The lowest BCUT2D eigenvalue weighted by Crippen LogP contribution is -2.22. The fourth-order valence-electron chi connectivity index (χ4n) is 4.04. The van der Waals surface area contributed by atoms with Crippen LogP contribution in [0.25, 0.3) is 11.6 Å². The first-order valence-corrected chi connectivity index (χ1v) is 11.1. The van der Waals surface area contributed by atoms with Crippen molar-refractivity contribution in [1.29, 1.82) is 0 Å². The highest BCUT2D eigenvalue weighted by Gasteiger charge is 2.32. The zero-order valence-corrected chi connectivity index (χ0v) is 17.6. The standard InChI is InChI=1S/C25H31F3N2/c1-2-3-4-5-6-7-8-11-15-30-24-21-13-10-9-12-19(21)17-22(24)23-18-20(14-16-29-23)25(26,27)28/h9-10,12-14,16-18,24,30H,2-8,11,15H2,1H3. The third-order valence-corrected chi connectivity index (χ3v) is 5.69. The summed E-state index contributed by atoms with van der Waals surface area (Å²) in [4.78, 5) is 4.25. The number of rotatable bonds is 11. The molecule has 1 aromatic heterocycles. The highest BCUT2D eigenvalue weighted by molar-refractivity contribution is 5.90. The normalized spacial score (nSPS) is 15.9. The van der Waals surface area contributed by atoms with Gasteiger partial charge in [0.15, 0.2) is 0 Å². The van der Waals surface area contributed by atoms with Gasteiger partial charge in [0, 0.05) is 6.20 Å². The number of hydrogen-bond acceptors (Lipinski definition) is 2. The number of benzene rings is 1. The van der Waals surface area contributed by atoms with Crippen molar-refractivity contribution in [2.45, 2.75) is 70.5 Å². The van der Waals surface area contributed by atoms with E-state index in [1.807, 2.05) is 30.3 Å². The van der Waals surface area contributed by atoms with Gasteiger partial charge < -0.3 is 5.32 Å². The maximum absolute atomic E-state index is 13.2. The van der Waals surface area contributed by atoms with Crippen LogP contribution in [0, 0.1) is 0 Å². The minimum atomic E-state index is -4.37. The quantitative estimate of drug-likeness (QED) is 0.385. The van der Waals surface area contributed by atoms with Gasteiger partial charge in [0.1, 0.15) is 0 Å². The Morgan fingerprint density at radius 2 is 1.63 bits per heavy atom. The van der Waals surface area contributed by atoms with Gasteiger partial charge >= 0.3 is 6.18 Å². The second-order valence-corrected chi connectivity index (χ2v) is 8.02. The number of pyridine rings is 1. The lowest BCUT2D eigenvalue weighted by molar-refractivity contribution is -0.137. The van der Waals surface area contributed by atoms with Crippen LogP contribution in [0.15, 0.2) is 42.6 Å². The van der Waals surface area contributed by atoms with Gasteiger partial charge in [-0.15, -0.1) is 0 Å². The number of fused-ring (bicyclic) bond motifs is 1. The van der Waals surface area contributed by atoms with Gasteiger partial charge in [0.2, 0.25) is 0 Å². The molecule has 1 aliphatic carbocycles. The Hall–Kier alpha value is -2.14. The molecular weight excluding hydrogens is 385 g/mol. The molecule has 0 radical (unpaired) electrons. The number of aromatic nitrogens is 1. The van der Waals surface area contributed by atoms with Gasteiger partial charge in [-0.3, -0.25) is 4.98 Å². The van der Waals surface area contributed by atoms with Gasteiger partial charge in [-0.2, -0.15) is 13.2 Å². The van der Waals surface area contributed by atoms with Crippen LogP contribution in [0.4, 0.5) is 13.2 Å². The predicted octanol–water partition coefficient (Wildman–Crippen LogP) is 7.43. The fraction of sp³-hybridized carbons (Fsp3) is 0.480. The Bertz CT molecular complexity index is 842. The summed E-state index contributed by atoms with van der Waals surface area (Å²) in [5, 5.41) is 3.57. The van der Waals surface area contributed by atoms with Crippen molar-refractivity contribution in [1.82, 2.24) is 10.3 Å². The van der Waals surface area contributed by atoms with Gasteiger partial charge in [0.25, 0.3) is 0 Å². The summed E-state index contributed by atoms with van der Waals surface area (Å²) in [7, 11) is 0. The van der Waals surface area contributed by atoms with E-state index in [2.05, 4.69) is 17.2 Å². The minimum Gasteiger partial charge on any atom is -0.306 e. The largest absolute Gasteiger partial charge is 0.416 e. The lowest BCUT2D eigenvalue weighted by Gasteiger charge is -2.19. The van der Waals surface area contributed by atoms with Crippen LogP contribution < -0.4 is 5.32 Å². The zero-order chi connectivity index (χ0) is 21.4. The zero-order valence-electron chi connectivity index (χ0n) is 17.6. The monoisotopic (exact) mass is 416 g/mol. The molecular formula is C25H31F3N2. The average Bonchev–Trinajstić information content (AvgIpc) is 3.11. The van der Waals surface area contributed by atoms with Crippen molar-refractivity contribution in [3.05, 3.63) is 65.0 Å². The summed E-state index contributed by atoms with van der Waals surface area (Å²) < 4.78 is 39.5. The SMILES string of the molecule is CCCCCCCCCCNC1C(c2cc(C(F)(F)F)ccn2)=Cc2ccccc21. The molecule has 1 atom stereocenters. The second kappa shape index (κ2) is 10.8. The molecule has 1 aliphatic rings. The van der Waals surface area contributed by atoms with Crippen LogP contribution in [0.2, 0.25) is 0 Å². The molecule has 0 saturated carbocycles. The van der Waals surface area contributed by atoms with Crippen LogP contribution in [0.5, 0.6) is 0 Å². The van der Waals surface area contributed by atoms with Gasteiger partial charge in [-0.25, -0.2) is 0 Å². The molecule has 0 aliphatic heterocycles. The molecule has 2 aromatic rings. The summed E-state index contributed by atoms with van der Waals surface area (Å²) in [6.45, 7) is 3.06. The molecule has 3 rings (SSSR count). The lowest BCUT2D eigenvalue weighted by atomic mass is 10.00. The van der Waals surface area contributed by atoms with E-state index in [9.17, 15) is 13.2 Å². The van der Waals surface area contributed by atoms with E-state index in [4.69, 9.17) is 0 Å². The van der Waals surface area contributed by atoms with Crippen molar-refractivity contribution in [3.8, 4) is 0 Å². The molecule has 0 spiro atoms. The molecule has 0 amide bonds. The third kappa shape index (κ3) is 5.94. The van der Waals surface area contributed by atoms with Gasteiger partial charge in [-0.05, 0) is 47.9 Å². The number of unbranched alkanes of at least 4 members (excludes halogenated alkanes) is 7. The summed E-state index contributed by atoms with van der Waals surface area (Å²) >= 11 is 0. The Kier molecular flexibility index (Phi) is 8.08. The number of hydrogen-bond donors (Lipinski definition) is 1. The predicted molar refractivity (Wildman–Crippen MR) is 117 cm³/mol. The molecule has 162 valence electrons. The Morgan fingerprint density at radius 1 is 0.933 bits per heavy atom. The van der Waals surface area contributed by atoms with E-state index >= 15 is 0 Å². The van der Waals surface area contributed by atoms with E-state index in [-0.39, 0.29) is 6.04 Å². The van der Waals surface area contributed by atoms with Crippen molar-refractivity contribution < 1.29 is 13.2 Å². The van der Waals surface area contributed by atoms with Crippen molar-refractivity contribution in [2.75, 3.05) is 6.54 Å². The minimum absolute atomic E-state index is 0.123. The Balaban J connectivity index is 1.61. The highest BCUT2D eigenvalue weighted by Crippen LogP contribution is 2.40. The van der Waals surface area contributed by atoms with Crippen LogP contribution in [0.3, 0.4) is 0 Å². The summed E-state index contributed by atoms with van der Waals surface area (Å²) in [6, 6.07) is 10.0. The first kappa shape index (κ1) is 22.5. The second-order valence-electron chi connectivity index (χ2n) is 8.02. The van der Waals surface area contributed by atoms with Crippen LogP contribution in [-0.2, 0) is 6.18 Å². The smallest absolute Gasteiger partial charge is 0.306 e. The van der Waals surface area contributed by atoms with E-state index in [0.29, 0.717) is 5.69 Å². The van der Waals surface area contributed by atoms with Crippen LogP contribution in [-0.4, -0.2) is 11.5 Å². The molecule has 2 nitrogen and oxygen atoms in total. The number of alkyl halides is 3. The number of nitrogens with one attached hydrogen (secondary N) is 1. The van der Waals surface area contributed by atoms with Crippen LogP contribution >= 0.6 is 0 Å². The molecule has 0 fully saturated rings. The van der Waals surface area contributed by atoms with Crippen molar-refractivity contribution >= 4 is 11.6 Å². The van der Waals surface area contributed by atoms with E-state index in [1.165, 1.54) is 51.1 Å². The Labute approximate surface area is 177 Å². The molecule has 1 unspecified atom stereocenters. The highest BCUT2D eigenvalue weighted by atomic mass is 19.4. The van der Waals surface area contributed by atoms with Gasteiger partial charge in [0.05, 0.1) is 17.3 Å². The number of halogens is 3.